The summed E-state index contributed by atoms with van der Waals surface area (Å²) in [7, 11) is 0. The predicted molar refractivity (Wildman–Crippen MR) is 98.1 cm³/mol. The van der Waals surface area contributed by atoms with Crippen molar-refractivity contribution in [2.24, 2.45) is 10.3 Å². The normalized spacial score (nSPS) is 20.6. The molecule has 3 amide bonds. The third kappa shape index (κ3) is 3.09. The number of para-hydroxylation sites is 1. The Hall–Kier alpha value is -3.33. The molecule has 0 aliphatic carbocycles. The van der Waals surface area contributed by atoms with Gasteiger partial charge in [0.25, 0.3) is 11.8 Å². The van der Waals surface area contributed by atoms with Gasteiger partial charge in [0.2, 0.25) is 5.91 Å². The molecule has 0 aromatic heterocycles. The summed E-state index contributed by atoms with van der Waals surface area (Å²) >= 11 is 5.84. The van der Waals surface area contributed by atoms with Gasteiger partial charge in [-0.15, -0.1) is 0 Å². The second kappa shape index (κ2) is 7.01. The molecule has 28 heavy (non-hydrogen) atoms. The zero-order chi connectivity index (χ0) is 19.8. The molecule has 2 aliphatic heterocycles. The summed E-state index contributed by atoms with van der Waals surface area (Å²) in [6.45, 7) is -0.355. The monoisotopic (exact) mass is 401 g/mol. The molecule has 0 radical (unpaired) electrons. The Kier molecular flexibility index (Phi) is 4.52. The van der Waals surface area contributed by atoms with Crippen LogP contribution in [-0.4, -0.2) is 41.4 Å². The fourth-order valence-electron chi connectivity index (χ4n) is 3.10. The largest absolute Gasteiger partial charge is 0.322 e. The number of nitrogens with zero attached hydrogens (tertiary/aromatic N) is 4. The molecule has 8 nitrogen and oxygen atoms in total. The van der Waals surface area contributed by atoms with Gasteiger partial charge in [-0.05, 0) is 36.4 Å². The lowest BCUT2D eigenvalue weighted by Gasteiger charge is -2.20. The quantitative estimate of drug-likeness (QED) is 0.796. The van der Waals surface area contributed by atoms with Crippen molar-refractivity contribution in [3.05, 3.63) is 59.4 Å². The molecule has 2 aliphatic rings. The molecule has 4 rings (SSSR count). The molecule has 142 valence electrons. The maximum atomic E-state index is 13.7. The average molecular weight is 402 g/mol. The van der Waals surface area contributed by atoms with Crippen molar-refractivity contribution >= 4 is 40.7 Å². The number of carbonyl (C=O) groups is 3. The predicted octanol–water partition coefficient (Wildman–Crippen LogP) is 2.41. The number of amides is 3. The van der Waals surface area contributed by atoms with E-state index in [9.17, 15) is 18.8 Å². The standard InChI is InChI=1S/C18H13ClFN5O3/c19-10-5-7-11(8-6-10)25-17(27)15-16(18(25)28)24(23-22-15)9-14(26)21-13-4-2-1-3-12(13)20/h1-8,15-16H,9H2,(H,21,26)/t15-,16-/m0/s1. The summed E-state index contributed by atoms with van der Waals surface area (Å²) in [4.78, 5) is 38.6. The number of benzene rings is 2. The maximum Gasteiger partial charge on any atom is 0.263 e. The minimum Gasteiger partial charge on any atom is -0.322 e. The average Bonchev–Trinajstić information content (AvgIpc) is 3.18. The number of fused-ring (bicyclic) bond motifs is 1. The first-order chi connectivity index (χ1) is 13.5. The summed E-state index contributed by atoms with van der Waals surface area (Å²) < 4.78 is 13.7. The van der Waals surface area contributed by atoms with Crippen LogP contribution < -0.4 is 10.2 Å². The Morgan fingerprint density at radius 3 is 2.54 bits per heavy atom. The van der Waals surface area contributed by atoms with Crippen LogP contribution in [0.2, 0.25) is 5.02 Å². The van der Waals surface area contributed by atoms with Crippen molar-refractivity contribution in [1.29, 1.82) is 0 Å². The summed E-state index contributed by atoms with van der Waals surface area (Å²) in [5.74, 6) is -2.24. The topological polar surface area (TPSA) is 94.4 Å². The molecule has 2 aromatic rings. The molecule has 0 saturated carbocycles. The van der Waals surface area contributed by atoms with Gasteiger partial charge in [-0.25, -0.2) is 9.29 Å². The minimum atomic E-state index is -1.02. The molecule has 1 N–H and O–H groups in total. The molecule has 0 unspecified atom stereocenters. The van der Waals surface area contributed by atoms with Gasteiger partial charge in [0.1, 0.15) is 12.4 Å². The highest BCUT2D eigenvalue weighted by atomic mass is 35.5. The van der Waals surface area contributed by atoms with E-state index in [1.54, 1.807) is 30.3 Å². The molecular formula is C18H13ClFN5O3. The lowest BCUT2D eigenvalue weighted by atomic mass is 10.1. The molecule has 0 spiro atoms. The number of hydrogen-bond acceptors (Lipinski definition) is 6. The first kappa shape index (κ1) is 18.1. The van der Waals surface area contributed by atoms with Gasteiger partial charge in [-0.1, -0.05) is 29.0 Å². The zero-order valence-electron chi connectivity index (χ0n) is 14.3. The smallest absolute Gasteiger partial charge is 0.263 e. The van der Waals surface area contributed by atoms with Gasteiger partial charge >= 0.3 is 0 Å². The van der Waals surface area contributed by atoms with Gasteiger partial charge in [0.15, 0.2) is 12.1 Å². The van der Waals surface area contributed by atoms with E-state index in [1.807, 2.05) is 0 Å². The van der Waals surface area contributed by atoms with Crippen molar-refractivity contribution in [3.8, 4) is 0 Å². The van der Waals surface area contributed by atoms with Crippen LogP contribution >= 0.6 is 11.6 Å². The molecule has 0 bridgehead atoms. The van der Waals surface area contributed by atoms with Crippen LogP contribution in [0, 0.1) is 5.82 Å². The number of nitrogens with one attached hydrogen (secondary N) is 1. The Labute approximate surface area is 163 Å². The lowest BCUT2D eigenvalue weighted by molar-refractivity contribution is -0.123. The summed E-state index contributed by atoms with van der Waals surface area (Å²) in [5, 5.41) is 11.6. The van der Waals surface area contributed by atoms with Crippen molar-refractivity contribution < 1.29 is 18.8 Å². The van der Waals surface area contributed by atoms with Crippen LogP contribution in [0.4, 0.5) is 15.8 Å². The highest BCUT2D eigenvalue weighted by molar-refractivity contribution is 6.31. The fraction of sp³-hybridized carbons (Fsp3) is 0.167. The fourth-order valence-corrected chi connectivity index (χ4v) is 3.22. The van der Waals surface area contributed by atoms with Crippen LogP contribution in [0.3, 0.4) is 0 Å². The zero-order valence-corrected chi connectivity index (χ0v) is 15.0. The number of anilines is 2. The molecule has 2 heterocycles. The minimum absolute atomic E-state index is 0.0109. The Bertz CT molecular complexity index is 997. The molecule has 2 atom stereocenters. The van der Waals surface area contributed by atoms with E-state index in [-0.39, 0.29) is 12.2 Å². The highest BCUT2D eigenvalue weighted by Gasteiger charge is 2.55. The third-order valence-electron chi connectivity index (χ3n) is 4.40. The summed E-state index contributed by atoms with van der Waals surface area (Å²) in [6.07, 6.45) is 0. The van der Waals surface area contributed by atoms with Crippen molar-refractivity contribution in [2.45, 2.75) is 12.1 Å². The van der Waals surface area contributed by atoms with E-state index in [4.69, 9.17) is 11.6 Å². The Morgan fingerprint density at radius 1 is 1.11 bits per heavy atom. The number of imide groups is 1. The lowest BCUT2D eigenvalue weighted by Crippen LogP contribution is -2.43. The van der Waals surface area contributed by atoms with Crippen LogP contribution in [0.25, 0.3) is 0 Å². The number of hydrogen-bond donors (Lipinski definition) is 1. The van der Waals surface area contributed by atoms with E-state index in [0.717, 1.165) is 9.91 Å². The number of rotatable bonds is 4. The second-order valence-corrected chi connectivity index (χ2v) is 6.64. The van der Waals surface area contributed by atoms with Crippen LogP contribution in [0.1, 0.15) is 0 Å². The number of carbonyl (C=O) groups excluding carboxylic acids is 3. The first-order valence-corrected chi connectivity index (χ1v) is 8.68. The van der Waals surface area contributed by atoms with Gasteiger partial charge in [-0.2, -0.15) is 5.11 Å². The third-order valence-corrected chi connectivity index (χ3v) is 4.65. The molecular weight excluding hydrogens is 389 g/mol. The van der Waals surface area contributed by atoms with Crippen LogP contribution in [0.15, 0.2) is 58.9 Å². The molecule has 10 heteroatoms. The summed E-state index contributed by atoms with van der Waals surface area (Å²) in [5.41, 5.74) is 0.372. The van der Waals surface area contributed by atoms with Gasteiger partial charge in [0, 0.05) is 5.02 Å². The maximum absolute atomic E-state index is 13.7. The molecule has 2 aromatic carbocycles. The highest BCUT2D eigenvalue weighted by Crippen LogP contribution is 2.32. The van der Waals surface area contributed by atoms with Crippen LogP contribution in [0.5, 0.6) is 0 Å². The van der Waals surface area contributed by atoms with E-state index in [0.29, 0.717) is 10.7 Å². The van der Waals surface area contributed by atoms with Crippen molar-refractivity contribution in [3.63, 3.8) is 0 Å². The number of halogens is 2. The SMILES string of the molecule is O=C(CN1N=N[C@@H]2C(=O)N(c3ccc(Cl)cc3)C(=O)[C@H]21)Nc1ccccc1F. The Balaban J connectivity index is 1.49. The second-order valence-electron chi connectivity index (χ2n) is 6.21. The van der Waals surface area contributed by atoms with E-state index in [2.05, 4.69) is 15.7 Å². The van der Waals surface area contributed by atoms with Crippen molar-refractivity contribution in [1.82, 2.24) is 5.01 Å². The van der Waals surface area contributed by atoms with E-state index in [1.165, 1.54) is 18.2 Å². The van der Waals surface area contributed by atoms with Gasteiger partial charge in [-0.3, -0.25) is 19.4 Å². The van der Waals surface area contributed by atoms with Gasteiger partial charge < -0.3 is 5.32 Å². The summed E-state index contributed by atoms with van der Waals surface area (Å²) in [6, 6.07) is 9.87. The van der Waals surface area contributed by atoms with Crippen molar-refractivity contribution in [2.75, 3.05) is 16.8 Å². The molecule has 1 saturated heterocycles. The van der Waals surface area contributed by atoms with E-state index >= 15 is 0 Å². The first-order valence-electron chi connectivity index (χ1n) is 8.31. The Morgan fingerprint density at radius 2 is 1.82 bits per heavy atom. The van der Waals surface area contributed by atoms with Crippen LogP contribution in [-0.2, 0) is 14.4 Å². The molecule has 1 fully saturated rings. The van der Waals surface area contributed by atoms with Gasteiger partial charge in [0.05, 0.1) is 11.4 Å². The van der Waals surface area contributed by atoms with E-state index < -0.39 is 35.6 Å².